The first-order valence-electron chi connectivity index (χ1n) is 4.80. The topological polar surface area (TPSA) is 26.0 Å². The van der Waals surface area contributed by atoms with Crippen molar-refractivity contribution in [3.63, 3.8) is 0 Å². The van der Waals surface area contributed by atoms with E-state index in [1.165, 1.54) is 24.8 Å². The third kappa shape index (κ3) is 1.88. The van der Waals surface area contributed by atoms with E-state index in [9.17, 15) is 0 Å². The van der Waals surface area contributed by atoms with Crippen LogP contribution in [0, 0.1) is 5.92 Å². The smallest absolute Gasteiger partial charge is 0.0491 e. The van der Waals surface area contributed by atoms with Gasteiger partial charge in [0.05, 0.1) is 0 Å². The molecule has 13 heavy (non-hydrogen) atoms. The summed E-state index contributed by atoms with van der Waals surface area (Å²) in [7, 11) is 0. The third-order valence-corrected chi connectivity index (χ3v) is 3.57. The van der Waals surface area contributed by atoms with Crippen LogP contribution >= 0.6 is 15.9 Å². The summed E-state index contributed by atoms with van der Waals surface area (Å²) in [5.41, 5.74) is 8.19. The summed E-state index contributed by atoms with van der Waals surface area (Å²) in [6.07, 6.45) is 5.32. The maximum absolute atomic E-state index is 5.96. The molecule has 1 aliphatic rings. The molecule has 0 spiro atoms. The molecule has 1 saturated carbocycles. The van der Waals surface area contributed by atoms with Crippen molar-refractivity contribution in [2.45, 2.75) is 25.7 Å². The normalized spacial score (nSPS) is 17.0. The summed E-state index contributed by atoms with van der Waals surface area (Å²) in [5.74, 6) is 0.886. The lowest BCUT2D eigenvalue weighted by molar-refractivity contribution is 0.315. The van der Waals surface area contributed by atoms with Crippen molar-refractivity contribution in [3.8, 4) is 0 Å². The highest BCUT2D eigenvalue weighted by Gasteiger charge is 2.18. The van der Waals surface area contributed by atoms with Gasteiger partial charge in [-0.15, -0.1) is 0 Å². The lowest BCUT2D eigenvalue weighted by Crippen LogP contribution is -2.14. The standard InChI is InChI=1S/C11H14BrN/c12-10-6-2-5-9(11(10)13)7-8-3-1-4-8/h2,5-6,8H,1,3-4,7,13H2. The van der Waals surface area contributed by atoms with E-state index >= 15 is 0 Å². The van der Waals surface area contributed by atoms with Crippen molar-refractivity contribution in [1.29, 1.82) is 0 Å². The van der Waals surface area contributed by atoms with Gasteiger partial charge in [-0.1, -0.05) is 31.4 Å². The van der Waals surface area contributed by atoms with Crippen LogP contribution in [0.5, 0.6) is 0 Å². The SMILES string of the molecule is Nc1c(Br)cccc1CC1CCC1. The molecule has 70 valence electrons. The molecule has 0 atom stereocenters. The molecule has 0 saturated heterocycles. The number of benzene rings is 1. The van der Waals surface area contributed by atoms with Gasteiger partial charge in [0.1, 0.15) is 0 Å². The van der Waals surface area contributed by atoms with Crippen molar-refractivity contribution < 1.29 is 0 Å². The van der Waals surface area contributed by atoms with Crippen molar-refractivity contribution in [3.05, 3.63) is 28.2 Å². The van der Waals surface area contributed by atoms with Crippen LogP contribution < -0.4 is 5.73 Å². The van der Waals surface area contributed by atoms with Crippen LogP contribution in [-0.4, -0.2) is 0 Å². The fourth-order valence-electron chi connectivity index (χ4n) is 1.77. The van der Waals surface area contributed by atoms with Crippen LogP contribution in [0.1, 0.15) is 24.8 Å². The summed E-state index contributed by atoms with van der Waals surface area (Å²) in [6, 6.07) is 6.20. The monoisotopic (exact) mass is 239 g/mol. The number of halogens is 1. The lowest BCUT2D eigenvalue weighted by Gasteiger charge is -2.25. The van der Waals surface area contributed by atoms with E-state index in [1.807, 2.05) is 6.07 Å². The number of nitrogens with two attached hydrogens (primary N) is 1. The molecule has 0 amide bonds. The molecule has 1 aliphatic carbocycles. The number of anilines is 1. The second-order valence-electron chi connectivity index (χ2n) is 3.81. The number of rotatable bonds is 2. The predicted octanol–water partition coefficient (Wildman–Crippen LogP) is 3.37. The van der Waals surface area contributed by atoms with E-state index < -0.39 is 0 Å². The highest BCUT2D eigenvalue weighted by molar-refractivity contribution is 9.10. The predicted molar refractivity (Wildman–Crippen MR) is 59.6 cm³/mol. The van der Waals surface area contributed by atoms with Gasteiger partial charge in [-0.05, 0) is 39.9 Å². The Morgan fingerprint density at radius 2 is 2.15 bits per heavy atom. The summed E-state index contributed by atoms with van der Waals surface area (Å²) in [4.78, 5) is 0. The maximum atomic E-state index is 5.96. The van der Waals surface area contributed by atoms with E-state index in [1.54, 1.807) is 0 Å². The molecule has 0 aromatic heterocycles. The average molecular weight is 240 g/mol. The first kappa shape index (κ1) is 9.07. The van der Waals surface area contributed by atoms with Gasteiger partial charge < -0.3 is 5.73 Å². The summed E-state index contributed by atoms with van der Waals surface area (Å²) >= 11 is 3.45. The quantitative estimate of drug-likeness (QED) is 0.788. The molecule has 0 radical (unpaired) electrons. The molecule has 0 aliphatic heterocycles. The first-order chi connectivity index (χ1) is 6.27. The molecule has 2 N–H and O–H groups in total. The molecule has 0 unspecified atom stereocenters. The number of hydrogen-bond donors (Lipinski definition) is 1. The Hall–Kier alpha value is -0.500. The molecule has 0 bridgehead atoms. The molecule has 1 aromatic rings. The van der Waals surface area contributed by atoms with Crippen molar-refractivity contribution >= 4 is 21.6 Å². The van der Waals surface area contributed by atoms with Gasteiger partial charge in [-0.2, -0.15) is 0 Å². The Bertz CT molecular complexity index is 305. The van der Waals surface area contributed by atoms with E-state index in [-0.39, 0.29) is 0 Å². The molecular weight excluding hydrogens is 226 g/mol. The summed E-state index contributed by atoms with van der Waals surface area (Å²) < 4.78 is 1.03. The molecule has 0 heterocycles. The second-order valence-corrected chi connectivity index (χ2v) is 4.67. The zero-order valence-electron chi connectivity index (χ0n) is 7.59. The molecule has 1 fully saturated rings. The van der Waals surface area contributed by atoms with Crippen LogP contribution in [-0.2, 0) is 6.42 Å². The van der Waals surface area contributed by atoms with Gasteiger partial charge in [-0.25, -0.2) is 0 Å². The minimum Gasteiger partial charge on any atom is -0.398 e. The number of nitrogen functional groups attached to an aromatic ring is 1. The van der Waals surface area contributed by atoms with Gasteiger partial charge in [0.15, 0.2) is 0 Å². The van der Waals surface area contributed by atoms with Crippen molar-refractivity contribution in [2.24, 2.45) is 5.92 Å². The molecule has 2 heteroatoms. The Kier molecular flexibility index (Phi) is 2.58. The van der Waals surface area contributed by atoms with Crippen LogP contribution in [0.15, 0.2) is 22.7 Å². The van der Waals surface area contributed by atoms with Gasteiger partial charge in [0.25, 0.3) is 0 Å². The zero-order valence-corrected chi connectivity index (χ0v) is 9.18. The third-order valence-electron chi connectivity index (χ3n) is 2.88. The molecule has 1 nitrogen and oxygen atoms in total. The zero-order chi connectivity index (χ0) is 9.26. The fraction of sp³-hybridized carbons (Fsp3) is 0.455. The summed E-state index contributed by atoms with van der Waals surface area (Å²) in [6.45, 7) is 0. The average Bonchev–Trinajstić information content (AvgIpc) is 2.04. The van der Waals surface area contributed by atoms with Crippen LogP contribution in [0.3, 0.4) is 0 Å². The lowest BCUT2D eigenvalue weighted by atomic mass is 9.81. The molecular formula is C11H14BrN. The van der Waals surface area contributed by atoms with E-state index in [2.05, 4.69) is 28.1 Å². The van der Waals surface area contributed by atoms with Crippen LogP contribution in [0.25, 0.3) is 0 Å². The fourth-order valence-corrected chi connectivity index (χ4v) is 2.17. The highest BCUT2D eigenvalue weighted by atomic mass is 79.9. The molecule has 1 aromatic carbocycles. The Morgan fingerprint density at radius 3 is 2.77 bits per heavy atom. The maximum Gasteiger partial charge on any atom is 0.0491 e. The van der Waals surface area contributed by atoms with E-state index in [4.69, 9.17) is 5.73 Å². The summed E-state index contributed by atoms with van der Waals surface area (Å²) in [5, 5.41) is 0. The van der Waals surface area contributed by atoms with E-state index in [0.29, 0.717) is 0 Å². The second kappa shape index (κ2) is 3.70. The first-order valence-corrected chi connectivity index (χ1v) is 5.59. The number of hydrogen-bond acceptors (Lipinski definition) is 1. The van der Waals surface area contributed by atoms with Gasteiger partial charge >= 0.3 is 0 Å². The largest absolute Gasteiger partial charge is 0.398 e. The van der Waals surface area contributed by atoms with Gasteiger partial charge in [0, 0.05) is 10.2 Å². The van der Waals surface area contributed by atoms with E-state index in [0.717, 1.165) is 22.5 Å². The van der Waals surface area contributed by atoms with Crippen LogP contribution in [0.2, 0.25) is 0 Å². The van der Waals surface area contributed by atoms with Crippen molar-refractivity contribution in [1.82, 2.24) is 0 Å². The Labute approximate surface area is 87.5 Å². The Balaban J connectivity index is 2.14. The van der Waals surface area contributed by atoms with Crippen LogP contribution in [0.4, 0.5) is 5.69 Å². The van der Waals surface area contributed by atoms with Gasteiger partial charge in [0.2, 0.25) is 0 Å². The number of para-hydroxylation sites is 1. The highest BCUT2D eigenvalue weighted by Crippen LogP contribution is 2.33. The minimum absolute atomic E-state index is 0.886. The molecule has 2 rings (SSSR count). The van der Waals surface area contributed by atoms with Crippen molar-refractivity contribution in [2.75, 3.05) is 5.73 Å². The minimum atomic E-state index is 0.886. The Morgan fingerprint density at radius 1 is 1.38 bits per heavy atom. The van der Waals surface area contributed by atoms with Gasteiger partial charge in [-0.3, -0.25) is 0 Å².